The predicted octanol–water partition coefficient (Wildman–Crippen LogP) is 5.17. The van der Waals surface area contributed by atoms with Gasteiger partial charge in [0.05, 0.1) is 0 Å². The Bertz CT molecular complexity index is 634. The Hall–Kier alpha value is -2.22. The van der Waals surface area contributed by atoms with Gasteiger partial charge < -0.3 is 0 Å². The Balaban J connectivity index is 2.01. The number of nitrogens with zero attached hydrogens (tertiary/aromatic N) is 2. The predicted molar refractivity (Wildman–Crippen MR) is 93.9 cm³/mol. The van der Waals surface area contributed by atoms with Gasteiger partial charge in [0.2, 0.25) is 0 Å². The maximum atomic E-state index is 4.64. The molecule has 1 aromatic heterocycles. The minimum absolute atomic E-state index is 0.207. The maximum absolute atomic E-state index is 4.64. The Morgan fingerprint density at radius 3 is 2.27 bits per heavy atom. The molecular formula is C20H24N2. The van der Waals surface area contributed by atoms with E-state index in [-0.39, 0.29) is 5.92 Å². The first-order valence-corrected chi connectivity index (χ1v) is 7.77. The minimum atomic E-state index is 0.207. The fraction of sp³-hybridized carbons (Fsp3) is 0.300. The smallest absolute Gasteiger partial charge is 0.135 e. The van der Waals surface area contributed by atoms with Gasteiger partial charge in [-0.05, 0) is 44.7 Å². The van der Waals surface area contributed by atoms with E-state index in [9.17, 15) is 0 Å². The summed E-state index contributed by atoms with van der Waals surface area (Å²) in [5, 5.41) is 0. The van der Waals surface area contributed by atoms with Gasteiger partial charge in [0.25, 0.3) is 0 Å². The van der Waals surface area contributed by atoms with E-state index >= 15 is 0 Å². The molecule has 0 bridgehead atoms. The summed E-state index contributed by atoms with van der Waals surface area (Å²) in [5.74, 6) is 1.10. The molecule has 0 amide bonds. The molecule has 0 saturated heterocycles. The Kier molecular flexibility index (Phi) is 5.65. The largest absolute Gasteiger partial charge is 0.237 e. The summed E-state index contributed by atoms with van der Waals surface area (Å²) in [4.78, 5) is 9.27. The van der Waals surface area contributed by atoms with Crippen LogP contribution in [0, 0.1) is 20.8 Å². The number of aryl methyl sites for hydroxylation is 2. The summed E-state index contributed by atoms with van der Waals surface area (Å²) in [5.41, 5.74) is 4.54. The normalized spacial score (nSPS) is 12.5. The lowest BCUT2D eigenvalue weighted by Gasteiger charge is -2.13. The van der Waals surface area contributed by atoms with Crippen molar-refractivity contribution in [1.82, 2.24) is 9.97 Å². The van der Waals surface area contributed by atoms with Gasteiger partial charge >= 0.3 is 0 Å². The summed E-state index contributed by atoms with van der Waals surface area (Å²) in [6.45, 7) is 10.1. The molecule has 1 unspecified atom stereocenters. The van der Waals surface area contributed by atoms with E-state index < -0.39 is 0 Å². The first kappa shape index (κ1) is 16.2. The Morgan fingerprint density at radius 2 is 1.68 bits per heavy atom. The first-order chi connectivity index (χ1) is 10.6. The minimum Gasteiger partial charge on any atom is -0.237 e. The molecule has 114 valence electrons. The second kappa shape index (κ2) is 7.69. The first-order valence-electron chi connectivity index (χ1n) is 7.77. The molecule has 0 radical (unpaired) electrons. The number of aromatic nitrogens is 2. The van der Waals surface area contributed by atoms with E-state index in [1.165, 1.54) is 11.1 Å². The fourth-order valence-electron chi connectivity index (χ4n) is 2.38. The Labute approximate surface area is 133 Å². The van der Waals surface area contributed by atoms with Crippen LogP contribution in [0.3, 0.4) is 0 Å². The van der Waals surface area contributed by atoms with Crippen molar-refractivity contribution in [2.24, 2.45) is 0 Å². The molecule has 2 rings (SSSR count). The molecule has 0 N–H and O–H groups in total. The molecule has 1 atom stereocenters. The van der Waals surface area contributed by atoms with Gasteiger partial charge in [-0.25, -0.2) is 9.97 Å². The average molecular weight is 292 g/mol. The van der Waals surface area contributed by atoms with Crippen molar-refractivity contribution >= 4 is 6.08 Å². The van der Waals surface area contributed by atoms with Crippen molar-refractivity contribution in [1.29, 1.82) is 0 Å². The number of hydrogen-bond donors (Lipinski definition) is 0. The highest BCUT2D eigenvalue weighted by atomic mass is 14.9. The summed E-state index contributed by atoms with van der Waals surface area (Å²) in [6.07, 6.45) is 8.29. The fourth-order valence-corrected chi connectivity index (χ4v) is 2.38. The van der Waals surface area contributed by atoms with E-state index in [1.807, 2.05) is 26.0 Å². The monoisotopic (exact) mass is 292 g/mol. The molecule has 0 aliphatic rings. The van der Waals surface area contributed by atoms with Crippen LogP contribution in [-0.4, -0.2) is 9.97 Å². The Morgan fingerprint density at radius 1 is 1.05 bits per heavy atom. The van der Waals surface area contributed by atoms with Crippen LogP contribution in [0.2, 0.25) is 0 Å². The van der Waals surface area contributed by atoms with Crippen LogP contribution < -0.4 is 0 Å². The summed E-state index contributed by atoms with van der Waals surface area (Å²) >= 11 is 0. The van der Waals surface area contributed by atoms with Crippen molar-refractivity contribution in [2.45, 2.75) is 39.5 Å². The molecule has 0 spiro atoms. The lowest BCUT2D eigenvalue weighted by molar-refractivity contribution is 0.692. The van der Waals surface area contributed by atoms with E-state index in [4.69, 9.17) is 0 Å². The third-order valence-corrected chi connectivity index (χ3v) is 4.02. The van der Waals surface area contributed by atoms with Crippen molar-refractivity contribution in [3.05, 3.63) is 77.4 Å². The number of hydrogen-bond acceptors (Lipinski definition) is 2. The zero-order valence-electron chi connectivity index (χ0n) is 13.7. The third-order valence-electron chi connectivity index (χ3n) is 4.02. The van der Waals surface area contributed by atoms with Crippen molar-refractivity contribution in [2.75, 3.05) is 0 Å². The maximum Gasteiger partial charge on any atom is 0.135 e. The lowest BCUT2D eigenvalue weighted by atomic mass is 10.0. The van der Waals surface area contributed by atoms with Crippen LogP contribution in [0.25, 0.3) is 6.08 Å². The van der Waals surface area contributed by atoms with Crippen LogP contribution in [0.4, 0.5) is 0 Å². The number of benzene rings is 1. The van der Waals surface area contributed by atoms with Crippen LogP contribution in [-0.2, 0) is 0 Å². The molecule has 2 aromatic rings. The molecule has 0 saturated carbocycles. The molecule has 0 aliphatic heterocycles. The highest BCUT2D eigenvalue weighted by molar-refractivity contribution is 5.48. The number of allylic oxidation sites excluding steroid dienone is 2. The van der Waals surface area contributed by atoms with Crippen molar-refractivity contribution in [3.63, 3.8) is 0 Å². The van der Waals surface area contributed by atoms with E-state index in [2.05, 4.69) is 59.9 Å². The standard InChI is InChI=1S/C20H24N2/c1-5-19(20-21-16(3)15(2)17(4)22-20)14-10-9-13-18-11-7-6-8-12-18/h5-9,11-13,19H,1,10,14H2,2-4H3/b13-9+. The zero-order chi connectivity index (χ0) is 15.9. The molecular weight excluding hydrogens is 268 g/mol. The SMILES string of the molecule is C=CC(CC/C=C/c1ccccc1)c1nc(C)c(C)c(C)n1. The van der Waals surface area contributed by atoms with Gasteiger partial charge in [0.1, 0.15) is 5.82 Å². The topological polar surface area (TPSA) is 25.8 Å². The second-order valence-corrected chi connectivity index (χ2v) is 5.61. The summed E-state index contributed by atoms with van der Waals surface area (Å²) < 4.78 is 0. The highest BCUT2D eigenvalue weighted by Gasteiger charge is 2.12. The van der Waals surface area contributed by atoms with Crippen LogP contribution >= 0.6 is 0 Å². The van der Waals surface area contributed by atoms with Crippen LogP contribution in [0.15, 0.2) is 49.1 Å². The van der Waals surface area contributed by atoms with E-state index in [0.29, 0.717) is 0 Å². The van der Waals surface area contributed by atoms with E-state index in [1.54, 1.807) is 0 Å². The van der Waals surface area contributed by atoms with Gasteiger partial charge in [-0.2, -0.15) is 0 Å². The highest BCUT2D eigenvalue weighted by Crippen LogP contribution is 2.21. The van der Waals surface area contributed by atoms with E-state index in [0.717, 1.165) is 30.1 Å². The molecule has 22 heavy (non-hydrogen) atoms. The summed E-state index contributed by atoms with van der Waals surface area (Å²) in [7, 11) is 0. The van der Waals surface area contributed by atoms with Crippen molar-refractivity contribution < 1.29 is 0 Å². The quantitative estimate of drug-likeness (QED) is 0.687. The molecule has 1 heterocycles. The van der Waals surface area contributed by atoms with Crippen LogP contribution in [0.5, 0.6) is 0 Å². The van der Waals surface area contributed by atoms with Gasteiger partial charge in [-0.15, -0.1) is 6.58 Å². The molecule has 2 nitrogen and oxygen atoms in total. The van der Waals surface area contributed by atoms with Crippen LogP contribution in [0.1, 0.15) is 47.1 Å². The molecule has 1 aromatic carbocycles. The van der Waals surface area contributed by atoms with Gasteiger partial charge in [0, 0.05) is 17.3 Å². The molecule has 2 heteroatoms. The van der Waals surface area contributed by atoms with Gasteiger partial charge in [0.15, 0.2) is 0 Å². The van der Waals surface area contributed by atoms with Gasteiger partial charge in [-0.1, -0.05) is 48.6 Å². The third kappa shape index (κ3) is 4.14. The zero-order valence-corrected chi connectivity index (χ0v) is 13.7. The second-order valence-electron chi connectivity index (χ2n) is 5.61. The number of rotatable bonds is 6. The molecule has 0 aliphatic carbocycles. The lowest BCUT2D eigenvalue weighted by Crippen LogP contribution is -2.06. The average Bonchev–Trinajstić information content (AvgIpc) is 2.53. The summed E-state index contributed by atoms with van der Waals surface area (Å²) in [6, 6.07) is 10.4. The molecule has 0 fully saturated rings. The van der Waals surface area contributed by atoms with Gasteiger partial charge in [-0.3, -0.25) is 0 Å². The van der Waals surface area contributed by atoms with Crippen molar-refractivity contribution in [3.8, 4) is 0 Å².